The van der Waals surface area contributed by atoms with Crippen molar-refractivity contribution in [3.63, 3.8) is 0 Å². The lowest BCUT2D eigenvalue weighted by Gasteiger charge is -1.94. The van der Waals surface area contributed by atoms with E-state index in [-0.39, 0.29) is 0 Å². The Morgan fingerprint density at radius 3 is 2.92 bits per heavy atom. The van der Waals surface area contributed by atoms with E-state index in [1.54, 1.807) is 0 Å². The number of aryl methyl sites for hydroxylation is 1. The third kappa shape index (κ3) is 2.36. The van der Waals surface area contributed by atoms with Crippen molar-refractivity contribution < 1.29 is 4.63 Å². The number of rotatable bonds is 3. The van der Waals surface area contributed by atoms with E-state index in [4.69, 9.17) is 0 Å². The first-order valence-electron chi connectivity index (χ1n) is 3.73. The van der Waals surface area contributed by atoms with E-state index in [1.165, 1.54) is 0 Å². The molecule has 0 amide bonds. The van der Waals surface area contributed by atoms with Crippen LogP contribution < -0.4 is 5.32 Å². The summed E-state index contributed by atoms with van der Waals surface area (Å²) in [6.45, 7) is 5.00. The van der Waals surface area contributed by atoms with Crippen molar-refractivity contribution in [1.29, 1.82) is 0 Å². The summed E-state index contributed by atoms with van der Waals surface area (Å²) in [4.78, 5) is 0. The minimum Gasteiger partial charge on any atom is -0.300 e. The summed E-state index contributed by atoms with van der Waals surface area (Å²) < 4.78 is 4.53. The van der Waals surface area contributed by atoms with Gasteiger partial charge in [0.15, 0.2) is 0 Å². The standard InChI is InChI=1S/C8H11N3O/c1-3-4-5-9-6-8-7(2)10-12-11-8/h9H,5-6H2,1-2H3. The zero-order valence-electron chi connectivity index (χ0n) is 7.22. The molecular formula is C8H11N3O. The van der Waals surface area contributed by atoms with Gasteiger partial charge in [0.2, 0.25) is 0 Å². The van der Waals surface area contributed by atoms with Gasteiger partial charge >= 0.3 is 0 Å². The number of nitrogens with one attached hydrogen (secondary N) is 1. The first kappa shape index (κ1) is 8.75. The molecule has 0 aliphatic carbocycles. The van der Waals surface area contributed by atoms with Gasteiger partial charge in [-0.25, -0.2) is 4.63 Å². The SMILES string of the molecule is CC#CCNCc1nonc1C. The summed E-state index contributed by atoms with van der Waals surface area (Å²) in [6, 6.07) is 0. The van der Waals surface area contributed by atoms with E-state index in [0.717, 1.165) is 11.4 Å². The second kappa shape index (κ2) is 4.52. The molecule has 0 saturated heterocycles. The fourth-order valence-corrected chi connectivity index (χ4v) is 0.742. The molecule has 1 rings (SSSR count). The van der Waals surface area contributed by atoms with Gasteiger partial charge in [-0.15, -0.1) is 5.92 Å². The second-order valence-corrected chi connectivity index (χ2v) is 2.33. The predicted molar refractivity (Wildman–Crippen MR) is 44.2 cm³/mol. The lowest BCUT2D eigenvalue weighted by Crippen LogP contribution is -2.14. The molecule has 0 fully saturated rings. The predicted octanol–water partition coefficient (Wildman–Crippen LogP) is 0.491. The molecule has 0 unspecified atom stereocenters. The first-order valence-corrected chi connectivity index (χ1v) is 3.73. The summed E-state index contributed by atoms with van der Waals surface area (Å²) in [5.41, 5.74) is 1.67. The number of nitrogens with zero attached hydrogens (tertiary/aromatic N) is 2. The van der Waals surface area contributed by atoms with Gasteiger partial charge in [0.05, 0.1) is 6.54 Å². The van der Waals surface area contributed by atoms with Gasteiger partial charge in [-0.05, 0) is 13.8 Å². The van der Waals surface area contributed by atoms with Crippen molar-refractivity contribution in [2.75, 3.05) is 6.54 Å². The first-order chi connectivity index (χ1) is 5.84. The molecule has 12 heavy (non-hydrogen) atoms. The van der Waals surface area contributed by atoms with Crippen LogP contribution in [0, 0.1) is 18.8 Å². The maximum atomic E-state index is 4.53. The Morgan fingerprint density at radius 2 is 2.33 bits per heavy atom. The van der Waals surface area contributed by atoms with E-state index in [0.29, 0.717) is 13.1 Å². The molecular weight excluding hydrogens is 154 g/mol. The number of aromatic nitrogens is 2. The maximum absolute atomic E-state index is 4.53. The average molecular weight is 165 g/mol. The molecule has 4 nitrogen and oxygen atoms in total. The van der Waals surface area contributed by atoms with E-state index in [1.807, 2.05) is 13.8 Å². The fraction of sp³-hybridized carbons (Fsp3) is 0.500. The minimum absolute atomic E-state index is 0.657. The second-order valence-electron chi connectivity index (χ2n) is 2.33. The van der Waals surface area contributed by atoms with Crippen LogP contribution in [0.3, 0.4) is 0 Å². The Balaban J connectivity index is 2.32. The van der Waals surface area contributed by atoms with Gasteiger partial charge in [-0.1, -0.05) is 16.2 Å². The Morgan fingerprint density at radius 1 is 1.50 bits per heavy atom. The van der Waals surface area contributed by atoms with Crippen LogP contribution in [-0.2, 0) is 6.54 Å². The minimum atomic E-state index is 0.657. The third-order valence-corrected chi connectivity index (χ3v) is 1.43. The summed E-state index contributed by atoms with van der Waals surface area (Å²) in [7, 11) is 0. The number of hydrogen-bond acceptors (Lipinski definition) is 4. The quantitative estimate of drug-likeness (QED) is 0.523. The zero-order chi connectivity index (χ0) is 8.81. The maximum Gasteiger partial charge on any atom is 0.121 e. The van der Waals surface area contributed by atoms with Crippen molar-refractivity contribution in [3.8, 4) is 11.8 Å². The molecule has 0 saturated carbocycles. The Bertz CT molecular complexity index is 295. The molecule has 1 N–H and O–H groups in total. The molecule has 0 aliphatic heterocycles. The molecule has 4 heteroatoms. The summed E-state index contributed by atoms with van der Waals surface area (Å²) in [5.74, 6) is 5.68. The summed E-state index contributed by atoms with van der Waals surface area (Å²) >= 11 is 0. The third-order valence-electron chi connectivity index (χ3n) is 1.43. The lowest BCUT2D eigenvalue weighted by molar-refractivity contribution is 0.300. The van der Waals surface area contributed by atoms with E-state index >= 15 is 0 Å². The van der Waals surface area contributed by atoms with Crippen LogP contribution in [0.5, 0.6) is 0 Å². The fourth-order valence-electron chi connectivity index (χ4n) is 0.742. The van der Waals surface area contributed by atoms with Crippen LogP contribution in [-0.4, -0.2) is 16.9 Å². The van der Waals surface area contributed by atoms with Crippen molar-refractivity contribution >= 4 is 0 Å². The Labute approximate surface area is 71.3 Å². The van der Waals surface area contributed by atoms with Crippen LogP contribution in [0.1, 0.15) is 18.3 Å². The van der Waals surface area contributed by atoms with Crippen molar-refractivity contribution in [2.45, 2.75) is 20.4 Å². The summed E-state index contributed by atoms with van der Waals surface area (Å²) in [5, 5.41) is 10.5. The molecule has 0 aromatic carbocycles. The van der Waals surface area contributed by atoms with Crippen LogP contribution in [0.15, 0.2) is 4.63 Å². The highest BCUT2D eigenvalue weighted by molar-refractivity contribution is 5.05. The van der Waals surface area contributed by atoms with Gasteiger partial charge in [0, 0.05) is 6.54 Å². The molecule has 1 aromatic rings. The van der Waals surface area contributed by atoms with Gasteiger partial charge in [0.1, 0.15) is 11.4 Å². The Kier molecular flexibility index (Phi) is 3.30. The van der Waals surface area contributed by atoms with E-state index in [2.05, 4.69) is 32.1 Å². The molecule has 0 spiro atoms. The van der Waals surface area contributed by atoms with Crippen LogP contribution in [0.2, 0.25) is 0 Å². The van der Waals surface area contributed by atoms with Gasteiger partial charge in [-0.2, -0.15) is 0 Å². The highest BCUT2D eigenvalue weighted by Gasteiger charge is 2.02. The molecule has 0 atom stereocenters. The van der Waals surface area contributed by atoms with Crippen molar-refractivity contribution in [1.82, 2.24) is 15.6 Å². The van der Waals surface area contributed by atoms with Gasteiger partial charge < -0.3 is 5.32 Å². The lowest BCUT2D eigenvalue weighted by atomic mass is 10.3. The van der Waals surface area contributed by atoms with Crippen LogP contribution in [0.25, 0.3) is 0 Å². The zero-order valence-corrected chi connectivity index (χ0v) is 7.22. The van der Waals surface area contributed by atoms with E-state index < -0.39 is 0 Å². The van der Waals surface area contributed by atoms with Crippen molar-refractivity contribution in [2.24, 2.45) is 0 Å². The highest BCUT2D eigenvalue weighted by Crippen LogP contribution is 1.98. The normalized spacial score (nSPS) is 9.17. The molecule has 0 bridgehead atoms. The molecule has 1 heterocycles. The topological polar surface area (TPSA) is 51.0 Å². The van der Waals surface area contributed by atoms with Crippen LogP contribution in [0.4, 0.5) is 0 Å². The molecule has 0 aliphatic rings. The molecule has 0 radical (unpaired) electrons. The van der Waals surface area contributed by atoms with E-state index in [9.17, 15) is 0 Å². The Hall–Kier alpha value is -1.34. The summed E-state index contributed by atoms with van der Waals surface area (Å²) in [6.07, 6.45) is 0. The average Bonchev–Trinajstić information content (AvgIpc) is 2.46. The smallest absolute Gasteiger partial charge is 0.121 e. The number of hydrogen-bond donors (Lipinski definition) is 1. The van der Waals surface area contributed by atoms with Gasteiger partial charge in [-0.3, -0.25) is 0 Å². The molecule has 64 valence electrons. The van der Waals surface area contributed by atoms with Gasteiger partial charge in [0.25, 0.3) is 0 Å². The largest absolute Gasteiger partial charge is 0.300 e. The molecule has 1 aromatic heterocycles. The van der Waals surface area contributed by atoms with Crippen molar-refractivity contribution in [3.05, 3.63) is 11.4 Å². The monoisotopic (exact) mass is 165 g/mol. The van der Waals surface area contributed by atoms with Crippen LogP contribution >= 0.6 is 0 Å². The highest BCUT2D eigenvalue weighted by atomic mass is 16.6.